The van der Waals surface area contributed by atoms with E-state index in [-0.39, 0.29) is 11.4 Å². The van der Waals surface area contributed by atoms with E-state index in [1.54, 1.807) is 4.90 Å². The van der Waals surface area contributed by atoms with Gasteiger partial charge in [0.2, 0.25) is 0 Å². The van der Waals surface area contributed by atoms with Crippen molar-refractivity contribution in [2.75, 3.05) is 24.5 Å². The Labute approximate surface area is 193 Å². The van der Waals surface area contributed by atoms with Crippen LogP contribution in [-0.4, -0.2) is 46.3 Å². The zero-order chi connectivity index (χ0) is 22.9. The lowest BCUT2D eigenvalue weighted by Gasteiger charge is -2.30. The first-order valence-electron chi connectivity index (χ1n) is 11.7. The third-order valence-corrected chi connectivity index (χ3v) is 6.91. The Hall–Kier alpha value is -3.54. The smallest absolute Gasteiger partial charge is 0.290 e. The Morgan fingerprint density at radius 2 is 1.79 bits per heavy atom. The van der Waals surface area contributed by atoms with Crippen LogP contribution in [0.4, 0.5) is 5.69 Å². The average molecular weight is 444 g/mol. The first kappa shape index (κ1) is 21.3. The van der Waals surface area contributed by atoms with E-state index in [9.17, 15) is 14.7 Å². The maximum absolute atomic E-state index is 13.0. The number of ketones is 1. The highest BCUT2D eigenvalue weighted by Crippen LogP contribution is 2.38. The van der Waals surface area contributed by atoms with Crippen LogP contribution in [0.1, 0.15) is 43.4 Å². The van der Waals surface area contributed by atoms with Crippen molar-refractivity contribution in [2.24, 2.45) is 0 Å². The highest BCUT2D eigenvalue weighted by Gasteiger charge is 2.42. The van der Waals surface area contributed by atoms with Gasteiger partial charge in [-0.3, -0.25) is 9.59 Å². The normalized spacial score (nSPS) is 19.1. The summed E-state index contributed by atoms with van der Waals surface area (Å²) in [5.41, 5.74) is 4.34. The van der Waals surface area contributed by atoms with Crippen LogP contribution in [0.3, 0.4) is 0 Å². The fourth-order valence-electron chi connectivity index (χ4n) is 5.19. The van der Waals surface area contributed by atoms with E-state index in [0.717, 1.165) is 40.8 Å². The molecule has 3 aromatic rings. The molecule has 3 heterocycles. The highest BCUT2D eigenvalue weighted by molar-refractivity contribution is 6.08. The number of carbonyl (C=O) groups excluding carboxylic acids is 2. The predicted octanol–water partition coefficient (Wildman–Crippen LogP) is 4.69. The largest absolute Gasteiger partial charge is 0.503 e. The lowest BCUT2D eigenvalue weighted by molar-refractivity contribution is -0.129. The molecule has 1 unspecified atom stereocenters. The number of amides is 1. The number of carbonyl (C=O) groups is 2. The number of H-pyrrole nitrogens is 1. The summed E-state index contributed by atoms with van der Waals surface area (Å²) in [7, 11) is 0. The minimum absolute atomic E-state index is 0.185. The van der Waals surface area contributed by atoms with Crippen LogP contribution in [0, 0.1) is 0 Å². The van der Waals surface area contributed by atoms with Gasteiger partial charge in [0.25, 0.3) is 5.91 Å². The number of aromatic nitrogens is 1. The number of hydrogen-bond acceptors (Lipinski definition) is 4. The van der Waals surface area contributed by atoms with Gasteiger partial charge in [-0.05, 0) is 61.9 Å². The number of fused-ring (bicyclic) bond motifs is 1. The monoisotopic (exact) mass is 443 g/mol. The molecule has 1 fully saturated rings. The third kappa shape index (κ3) is 3.90. The van der Waals surface area contributed by atoms with Crippen molar-refractivity contribution in [3.63, 3.8) is 0 Å². The molecule has 1 amide bonds. The first-order chi connectivity index (χ1) is 16.0. The van der Waals surface area contributed by atoms with Gasteiger partial charge >= 0.3 is 0 Å². The van der Waals surface area contributed by atoms with E-state index in [1.165, 1.54) is 26.2 Å². The Balaban J connectivity index is 1.42. The molecule has 2 aromatic carbocycles. The zero-order valence-electron chi connectivity index (χ0n) is 18.9. The molecule has 0 aliphatic carbocycles. The lowest BCUT2D eigenvalue weighted by Crippen LogP contribution is -2.33. The molecule has 2 aliphatic heterocycles. The molecule has 1 saturated heterocycles. The number of aliphatic hydroxyl groups excluding tert-OH is 1. The summed E-state index contributed by atoms with van der Waals surface area (Å²) in [5, 5.41) is 11.7. The number of rotatable bonds is 6. The molecule has 6 nitrogen and oxygen atoms in total. The van der Waals surface area contributed by atoms with Gasteiger partial charge in [-0.2, -0.15) is 0 Å². The summed E-state index contributed by atoms with van der Waals surface area (Å²) < 4.78 is 0. The fraction of sp³-hybridized carbons (Fsp3) is 0.333. The van der Waals surface area contributed by atoms with Gasteiger partial charge in [-0.25, -0.2) is 0 Å². The van der Waals surface area contributed by atoms with Crippen LogP contribution >= 0.6 is 0 Å². The van der Waals surface area contributed by atoms with Crippen molar-refractivity contribution in [3.05, 3.63) is 77.2 Å². The van der Waals surface area contributed by atoms with Crippen molar-refractivity contribution in [3.8, 4) is 0 Å². The standard InChI is InChI=1S/C27H29N3O3/c1-18(31)24-25(19-9-11-21(12-10-19)29-14-5-2-6-15-29)30(27(33)26(24)32)16-13-20-17-28-23-8-4-3-7-22(20)23/h3-4,7-12,17,25,28,32H,2,5-6,13-16H2,1H3. The third-order valence-electron chi connectivity index (χ3n) is 6.91. The minimum atomic E-state index is -0.574. The van der Waals surface area contributed by atoms with Gasteiger partial charge in [-0.15, -0.1) is 0 Å². The van der Waals surface area contributed by atoms with Gasteiger partial charge in [0.05, 0.1) is 11.6 Å². The van der Waals surface area contributed by atoms with Gasteiger partial charge in [0, 0.05) is 42.4 Å². The predicted molar refractivity (Wildman–Crippen MR) is 129 cm³/mol. The lowest BCUT2D eigenvalue weighted by atomic mass is 9.96. The van der Waals surface area contributed by atoms with Gasteiger partial charge in [-0.1, -0.05) is 30.3 Å². The quantitative estimate of drug-likeness (QED) is 0.580. The average Bonchev–Trinajstić information content (AvgIpc) is 3.37. The van der Waals surface area contributed by atoms with Gasteiger partial charge in [0.15, 0.2) is 11.5 Å². The molecule has 6 heteroatoms. The second kappa shape index (κ2) is 8.77. The molecule has 33 heavy (non-hydrogen) atoms. The van der Waals surface area contributed by atoms with Crippen LogP contribution in [-0.2, 0) is 16.0 Å². The number of anilines is 1. The van der Waals surface area contributed by atoms with Crippen molar-refractivity contribution >= 4 is 28.3 Å². The first-order valence-corrected chi connectivity index (χ1v) is 11.7. The van der Waals surface area contributed by atoms with Gasteiger partial charge < -0.3 is 19.9 Å². The molecular weight excluding hydrogens is 414 g/mol. The number of hydrogen-bond donors (Lipinski definition) is 2. The van der Waals surface area contributed by atoms with Crippen LogP contribution in [0.5, 0.6) is 0 Å². The zero-order valence-corrected chi connectivity index (χ0v) is 18.9. The Kier molecular flexibility index (Phi) is 5.67. The summed E-state index contributed by atoms with van der Waals surface area (Å²) >= 11 is 0. The van der Waals surface area contributed by atoms with E-state index in [1.807, 2.05) is 36.5 Å². The summed E-state index contributed by atoms with van der Waals surface area (Å²) in [6, 6.07) is 15.6. The number of para-hydroxylation sites is 1. The van der Waals surface area contributed by atoms with Crippen LogP contribution in [0.25, 0.3) is 10.9 Å². The maximum Gasteiger partial charge on any atom is 0.290 e. The molecule has 1 aromatic heterocycles. The SMILES string of the molecule is CC(=O)C1=C(O)C(=O)N(CCc2c[nH]c3ccccc23)C1c1ccc(N2CCCCC2)cc1. The highest BCUT2D eigenvalue weighted by atomic mass is 16.3. The summed E-state index contributed by atoms with van der Waals surface area (Å²) in [5.74, 6) is -1.18. The molecule has 0 radical (unpaired) electrons. The molecule has 170 valence electrons. The van der Waals surface area contributed by atoms with E-state index >= 15 is 0 Å². The van der Waals surface area contributed by atoms with Crippen LogP contribution < -0.4 is 4.90 Å². The van der Waals surface area contributed by atoms with E-state index < -0.39 is 17.7 Å². The topological polar surface area (TPSA) is 76.6 Å². The van der Waals surface area contributed by atoms with Crippen LogP contribution in [0.15, 0.2) is 66.1 Å². The molecule has 5 rings (SSSR count). The van der Waals surface area contributed by atoms with Crippen molar-refractivity contribution in [1.82, 2.24) is 9.88 Å². The summed E-state index contributed by atoms with van der Waals surface area (Å²) in [4.78, 5) is 32.7. The molecule has 1 atom stereocenters. The minimum Gasteiger partial charge on any atom is -0.503 e. The fourth-order valence-corrected chi connectivity index (χ4v) is 5.19. The molecular formula is C27H29N3O3. The number of aliphatic hydroxyl groups is 1. The van der Waals surface area contributed by atoms with E-state index in [2.05, 4.69) is 28.1 Å². The Morgan fingerprint density at radius 1 is 1.06 bits per heavy atom. The van der Waals surface area contributed by atoms with Crippen molar-refractivity contribution in [2.45, 2.75) is 38.6 Å². The second-order valence-electron chi connectivity index (χ2n) is 8.97. The van der Waals surface area contributed by atoms with E-state index in [4.69, 9.17) is 0 Å². The maximum atomic E-state index is 13.0. The second-order valence-corrected chi connectivity index (χ2v) is 8.97. The number of aromatic amines is 1. The molecule has 0 bridgehead atoms. The number of nitrogens with zero attached hydrogens (tertiary/aromatic N) is 2. The van der Waals surface area contributed by atoms with E-state index in [0.29, 0.717) is 13.0 Å². The number of piperidine rings is 1. The molecule has 2 N–H and O–H groups in total. The van der Waals surface area contributed by atoms with Crippen molar-refractivity contribution < 1.29 is 14.7 Å². The Morgan fingerprint density at radius 3 is 2.52 bits per heavy atom. The summed E-state index contributed by atoms with van der Waals surface area (Å²) in [6.07, 6.45) is 6.26. The Bertz CT molecular complexity index is 1220. The molecule has 2 aliphatic rings. The number of nitrogens with one attached hydrogen (secondary N) is 1. The van der Waals surface area contributed by atoms with Gasteiger partial charge in [0.1, 0.15) is 0 Å². The number of benzene rings is 2. The number of Topliss-reactive ketones (excluding diaryl/α,β-unsaturated/α-hetero) is 1. The summed E-state index contributed by atoms with van der Waals surface area (Å²) in [6.45, 7) is 3.92. The van der Waals surface area contributed by atoms with Crippen molar-refractivity contribution in [1.29, 1.82) is 0 Å². The van der Waals surface area contributed by atoms with Crippen LogP contribution in [0.2, 0.25) is 0 Å². The molecule has 0 spiro atoms. The molecule has 0 saturated carbocycles.